The summed E-state index contributed by atoms with van der Waals surface area (Å²) in [5, 5.41) is 6.87. The summed E-state index contributed by atoms with van der Waals surface area (Å²) in [6, 6.07) is 10.8. The summed E-state index contributed by atoms with van der Waals surface area (Å²) in [5.74, 6) is 1.35. The minimum Gasteiger partial charge on any atom is -0.370 e. The molecule has 1 unspecified atom stereocenters. The Bertz CT molecular complexity index is 483. The number of nitrogens with one attached hydrogen (secondary N) is 2. The van der Waals surface area contributed by atoms with E-state index < -0.39 is 0 Å². The van der Waals surface area contributed by atoms with Crippen LogP contribution in [0.5, 0.6) is 0 Å². The second-order valence-corrected chi connectivity index (χ2v) is 7.04. The van der Waals surface area contributed by atoms with Crippen LogP contribution in [0.1, 0.15) is 51.6 Å². The van der Waals surface area contributed by atoms with Crippen molar-refractivity contribution in [3.05, 3.63) is 35.9 Å². The van der Waals surface area contributed by atoms with Crippen molar-refractivity contribution in [3.63, 3.8) is 0 Å². The van der Waals surface area contributed by atoms with Gasteiger partial charge in [0.05, 0.1) is 6.54 Å². The fourth-order valence-corrected chi connectivity index (χ4v) is 2.74. The van der Waals surface area contributed by atoms with Crippen LogP contribution in [0.25, 0.3) is 0 Å². The van der Waals surface area contributed by atoms with E-state index in [2.05, 4.69) is 60.7 Å². The quantitative estimate of drug-likeness (QED) is 0.353. The average Bonchev–Trinajstić information content (AvgIpc) is 2.44. The Kier molecular flexibility index (Phi) is 8.33. The van der Waals surface area contributed by atoms with E-state index in [1.165, 1.54) is 24.8 Å². The highest BCUT2D eigenvalue weighted by atomic mass is 127. The van der Waals surface area contributed by atoms with Gasteiger partial charge in [0.25, 0.3) is 0 Å². The van der Waals surface area contributed by atoms with Gasteiger partial charge in [0.1, 0.15) is 0 Å². The Morgan fingerprint density at radius 2 is 1.96 bits per heavy atom. The van der Waals surface area contributed by atoms with Gasteiger partial charge in [-0.1, -0.05) is 36.8 Å². The van der Waals surface area contributed by atoms with Crippen LogP contribution in [-0.2, 0) is 0 Å². The van der Waals surface area contributed by atoms with Crippen molar-refractivity contribution in [3.8, 4) is 0 Å². The number of nitrogens with two attached hydrogens (primary N) is 1. The van der Waals surface area contributed by atoms with E-state index in [0.717, 1.165) is 12.5 Å². The van der Waals surface area contributed by atoms with E-state index >= 15 is 0 Å². The van der Waals surface area contributed by atoms with Crippen LogP contribution in [0, 0.1) is 5.92 Å². The first-order chi connectivity index (χ1) is 10.5. The Morgan fingerprint density at radius 1 is 1.30 bits per heavy atom. The number of rotatable bonds is 7. The predicted octanol–water partition coefficient (Wildman–Crippen LogP) is 3.44. The predicted molar refractivity (Wildman–Crippen MR) is 109 cm³/mol. The van der Waals surface area contributed by atoms with E-state index in [1.54, 1.807) is 0 Å². The van der Waals surface area contributed by atoms with Crippen LogP contribution in [0.4, 0.5) is 0 Å². The number of guanidine groups is 1. The Labute approximate surface area is 157 Å². The van der Waals surface area contributed by atoms with Crippen molar-refractivity contribution in [2.24, 2.45) is 16.6 Å². The molecule has 23 heavy (non-hydrogen) atoms. The molecule has 0 aliphatic heterocycles. The van der Waals surface area contributed by atoms with E-state index in [9.17, 15) is 0 Å². The van der Waals surface area contributed by atoms with Gasteiger partial charge in [-0.3, -0.25) is 4.99 Å². The van der Waals surface area contributed by atoms with Gasteiger partial charge in [-0.05, 0) is 45.1 Å². The number of halogens is 1. The van der Waals surface area contributed by atoms with Crippen LogP contribution in [-0.4, -0.2) is 24.6 Å². The largest absolute Gasteiger partial charge is 0.370 e. The summed E-state index contributed by atoms with van der Waals surface area (Å²) < 4.78 is 0. The maximum atomic E-state index is 5.96. The van der Waals surface area contributed by atoms with Gasteiger partial charge in [0.15, 0.2) is 5.96 Å². The Hall–Kier alpha value is -0.820. The lowest BCUT2D eigenvalue weighted by Gasteiger charge is -2.29. The topological polar surface area (TPSA) is 62.4 Å². The second-order valence-electron chi connectivity index (χ2n) is 7.04. The fourth-order valence-electron chi connectivity index (χ4n) is 2.74. The Balaban J connectivity index is 0.00000264. The summed E-state index contributed by atoms with van der Waals surface area (Å²) in [4.78, 5) is 4.49. The standard InChI is InChI=1S/C18H30N4.HI/c1-14(16-10-5-4-6-11-16)22-18(2,3)13-21-17(19)20-12-15-8-7-9-15;/h4-6,10-11,14-15,22H,7-9,12-13H2,1-3H3,(H3,19,20,21);1H. The molecule has 1 atom stereocenters. The van der Waals surface area contributed by atoms with Gasteiger partial charge in [-0.25, -0.2) is 0 Å². The van der Waals surface area contributed by atoms with Crippen molar-refractivity contribution in [1.82, 2.24) is 10.6 Å². The van der Waals surface area contributed by atoms with Crippen LogP contribution < -0.4 is 16.4 Å². The second kappa shape index (κ2) is 9.47. The van der Waals surface area contributed by atoms with Crippen molar-refractivity contribution < 1.29 is 0 Å². The normalized spacial score (nSPS) is 17.1. The molecule has 1 aliphatic rings. The maximum Gasteiger partial charge on any atom is 0.188 e. The average molecular weight is 430 g/mol. The highest BCUT2D eigenvalue weighted by molar-refractivity contribution is 14.0. The molecule has 4 N–H and O–H groups in total. The smallest absolute Gasteiger partial charge is 0.188 e. The lowest BCUT2D eigenvalue weighted by Crippen LogP contribution is -2.45. The summed E-state index contributed by atoms with van der Waals surface area (Å²) in [6.45, 7) is 8.13. The zero-order chi connectivity index (χ0) is 16.0. The highest BCUT2D eigenvalue weighted by Crippen LogP contribution is 2.25. The van der Waals surface area contributed by atoms with Gasteiger partial charge in [0, 0.05) is 18.1 Å². The molecule has 2 rings (SSSR count). The van der Waals surface area contributed by atoms with E-state index in [4.69, 9.17) is 5.73 Å². The molecule has 1 fully saturated rings. The maximum absolute atomic E-state index is 5.96. The third-order valence-corrected chi connectivity index (χ3v) is 4.35. The summed E-state index contributed by atoms with van der Waals surface area (Å²) in [6.07, 6.45) is 4.00. The molecule has 1 aromatic rings. The molecular formula is C18H31IN4. The Morgan fingerprint density at radius 3 is 2.52 bits per heavy atom. The van der Waals surface area contributed by atoms with Gasteiger partial charge >= 0.3 is 0 Å². The van der Waals surface area contributed by atoms with Crippen LogP contribution in [0.3, 0.4) is 0 Å². The number of benzene rings is 1. The van der Waals surface area contributed by atoms with Gasteiger partial charge < -0.3 is 16.4 Å². The zero-order valence-corrected chi connectivity index (χ0v) is 16.8. The van der Waals surface area contributed by atoms with Crippen molar-refractivity contribution in [2.75, 3.05) is 13.1 Å². The molecule has 0 aromatic heterocycles. The summed E-state index contributed by atoms with van der Waals surface area (Å²) >= 11 is 0. The van der Waals surface area contributed by atoms with Gasteiger partial charge in [-0.2, -0.15) is 0 Å². The minimum absolute atomic E-state index is 0. The number of nitrogens with zero attached hydrogens (tertiary/aromatic N) is 1. The molecule has 0 heterocycles. The lowest BCUT2D eigenvalue weighted by molar-refractivity contribution is 0.315. The van der Waals surface area contributed by atoms with Gasteiger partial charge in [-0.15, -0.1) is 24.0 Å². The molecule has 0 radical (unpaired) electrons. The van der Waals surface area contributed by atoms with Crippen molar-refractivity contribution in [1.29, 1.82) is 0 Å². The van der Waals surface area contributed by atoms with Crippen LogP contribution >= 0.6 is 24.0 Å². The van der Waals surface area contributed by atoms with Crippen molar-refractivity contribution in [2.45, 2.75) is 51.6 Å². The monoisotopic (exact) mass is 430 g/mol. The first-order valence-electron chi connectivity index (χ1n) is 8.33. The molecule has 1 aromatic carbocycles. The summed E-state index contributed by atoms with van der Waals surface area (Å²) in [5.41, 5.74) is 7.15. The fraction of sp³-hybridized carbons (Fsp3) is 0.611. The first kappa shape index (κ1) is 20.2. The van der Waals surface area contributed by atoms with Crippen LogP contribution in [0.15, 0.2) is 35.3 Å². The van der Waals surface area contributed by atoms with Crippen molar-refractivity contribution >= 4 is 29.9 Å². The summed E-state index contributed by atoms with van der Waals surface area (Å²) in [7, 11) is 0. The first-order valence-corrected chi connectivity index (χ1v) is 8.33. The third kappa shape index (κ3) is 7.08. The number of hydrogen-bond acceptors (Lipinski definition) is 2. The van der Waals surface area contributed by atoms with Gasteiger partial charge in [0.2, 0.25) is 0 Å². The third-order valence-electron chi connectivity index (χ3n) is 4.35. The molecule has 0 spiro atoms. The molecule has 1 aliphatic carbocycles. The molecule has 5 heteroatoms. The molecule has 1 saturated carbocycles. The number of hydrogen-bond donors (Lipinski definition) is 3. The highest BCUT2D eigenvalue weighted by Gasteiger charge is 2.21. The number of aliphatic imine (C=N–C) groups is 1. The van der Waals surface area contributed by atoms with E-state index in [0.29, 0.717) is 12.5 Å². The SMILES string of the molecule is CC(NC(C)(C)CN=C(N)NCC1CCC1)c1ccccc1.I. The zero-order valence-electron chi connectivity index (χ0n) is 14.5. The lowest BCUT2D eigenvalue weighted by atomic mass is 9.85. The minimum atomic E-state index is -0.0992. The molecular weight excluding hydrogens is 399 g/mol. The molecule has 0 saturated heterocycles. The molecule has 4 nitrogen and oxygen atoms in total. The molecule has 0 bridgehead atoms. The molecule has 0 amide bonds. The molecule has 130 valence electrons. The van der Waals surface area contributed by atoms with E-state index in [1.807, 2.05) is 6.07 Å². The van der Waals surface area contributed by atoms with Crippen LogP contribution in [0.2, 0.25) is 0 Å². The van der Waals surface area contributed by atoms with E-state index in [-0.39, 0.29) is 35.6 Å².